The van der Waals surface area contributed by atoms with E-state index in [2.05, 4.69) is 10.3 Å². The quantitative estimate of drug-likeness (QED) is 0.421. The lowest BCUT2D eigenvalue weighted by molar-refractivity contribution is -0.150. The Balaban J connectivity index is 1.41. The number of fused-ring (bicyclic) bond motifs is 1. The number of carboxylic acid groups (broad SMARTS) is 1. The number of carbonyl (C=O) groups is 3. The minimum Gasteiger partial charge on any atom is -0.477 e. The van der Waals surface area contributed by atoms with Crippen LogP contribution in [0.3, 0.4) is 0 Å². The molecule has 0 spiro atoms. The van der Waals surface area contributed by atoms with E-state index in [0.29, 0.717) is 21.3 Å². The number of nitrogens with zero attached hydrogens (tertiary/aromatic N) is 2. The Bertz CT molecular complexity index is 1060. The summed E-state index contributed by atoms with van der Waals surface area (Å²) in [6.07, 6.45) is 3.33. The number of hydrogen-bond donors (Lipinski definition) is 2. The van der Waals surface area contributed by atoms with E-state index in [-0.39, 0.29) is 11.4 Å². The summed E-state index contributed by atoms with van der Waals surface area (Å²) in [6.45, 7) is 0. The van der Waals surface area contributed by atoms with Gasteiger partial charge in [-0.1, -0.05) is 6.07 Å². The molecule has 0 aliphatic carbocycles. The summed E-state index contributed by atoms with van der Waals surface area (Å²) in [5, 5.41) is 13.7. The number of thiophene rings is 1. The van der Waals surface area contributed by atoms with Gasteiger partial charge in [0.1, 0.15) is 22.9 Å². The smallest absolute Gasteiger partial charge is 0.352 e. The summed E-state index contributed by atoms with van der Waals surface area (Å²) in [5.41, 5.74) is 0.649. The molecule has 4 rings (SSSR count). The third-order valence-electron chi connectivity index (χ3n) is 4.61. The maximum atomic E-state index is 12.7. The van der Waals surface area contributed by atoms with Crippen molar-refractivity contribution in [3.63, 3.8) is 0 Å². The molecule has 2 aromatic heterocycles. The van der Waals surface area contributed by atoms with Crippen LogP contribution in [0.25, 0.3) is 0 Å². The van der Waals surface area contributed by atoms with Crippen molar-refractivity contribution in [1.82, 2.24) is 15.2 Å². The van der Waals surface area contributed by atoms with Gasteiger partial charge in [-0.2, -0.15) is 0 Å². The molecule has 0 radical (unpaired) electrons. The first-order chi connectivity index (χ1) is 15.0. The fourth-order valence-electron chi connectivity index (χ4n) is 3.20. The van der Waals surface area contributed by atoms with Crippen molar-refractivity contribution in [3.8, 4) is 0 Å². The first kappa shape index (κ1) is 22.1. The number of thioether (sulfide) groups is 2. The predicted octanol–water partition coefficient (Wildman–Crippen LogP) is 1.78. The van der Waals surface area contributed by atoms with Gasteiger partial charge in [0.2, 0.25) is 5.91 Å². The molecule has 2 unspecified atom stereocenters. The van der Waals surface area contributed by atoms with Gasteiger partial charge in [-0.05, 0) is 29.2 Å². The van der Waals surface area contributed by atoms with E-state index in [1.54, 1.807) is 29.9 Å². The van der Waals surface area contributed by atoms with Crippen molar-refractivity contribution >= 4 is 63.4 Å². The number of carboxylic acids is 1. The molecule has 12 heteroatoms. The lowest BCUT2D eigenvalue weighted by Crippen LogP contribution is -2.70. The number of β-lactam (4-membered cyclic amide) rings is 1. The maximum absolute atomic E-state index is 12.7. The normalized spacial score (nSPS) is 21.3. The third kappa shape index (κ3) is 4.71. The number of pyridine rings is 1. The van der Waals surface area contributed by atoms with Crippen LogP contribution < -0.4 is 5.32 Å². The van der Waals surface area contributed by atoms with E-state index in [1.807, 2.05) is 12.1 Å². The van der Waals surface area contributed by atoms with Crippen LogP contribution in [0.5, 0.6) is 0 Å². The van der Waals surface area contributed by atoms with Crippen LogP contribution in [-0.2, 0) is 25.2 Å². The van der Waals surface area contributed by atoms with E-state index in [0.717, 1.165) is 4.90 Å². The Labute approximate surface area is 193 Å². The van der Waals surface area contributed by atoms with Crippen LogP contribution >= 0.6 is 34.9 Å². The number of rotatable bonds is 8. The lowest BCUT2D eigenvalue weighted by atomic mass is 10.0. The van der Waals surface area contributed by atoms with Gasteiger partial charge in [-0.25, -0.2) is 4.79 Å². The Morgan fingerprint density at radius 1 is 1.32 bits per heavy atom. The van der Waals surface area contributed by atoms with Crippen LogP contribution in [0, 0.1) is 0 Å². The molecule has 0 aromatic carbocycles. The Morgan fingerprint density at radius 2 is 2.10 bits per heavy atom. The number of carbonyl (C=O) groups excluding carboxylic acids is 2. The average molecular weight is 496 g/mol. The molecular weight excluding hydrogens is 478 g/mol. The van der Waals surface area contributed by atoms with E-state index < -0.39 is 40.0 Å². The largest absolute Gasteiger partial charge is 0.477 e. The summed E-state index contributed by atoms with van der Waals surface area (Å²) in [7, 11) is -1.47. The van der Waals surface area contributed by atoms with E-state index in [4.69, 9.17) is 0 Å². The molecule has 2 amide bonds. The fraction of sp³-hybridized carbons (Fsp3) is 0.263. The van der Waals surface area contributed by atoms with E-state index in [1.165, 1.54) is 39.8 Å². The second-order valence-corrected chi connectivity index (χ2v) is 11.4. The molecule has 2 N–H and O–H groups in total. The minimum absolute atomic E-state index is 0.0111. The highest BCUT2D eigenvalue weighted by atomic mass is 32.2. The van der Waals surface area contributed by atoms with Gasteiger partial charge < -0.3 is 10.4 Å². The molecule has 162 valence electrons. The fourth-order valence-corrected chi connectivity index (χ4v) is 7.48. The first-order valence-electron chi connectivity index (χ1n) is 9.09. The maximum Gasteiger partial charge on any atom is 0.352 e. The summed E-state index contributed by atoms with van der Waals surface area (Å²) < 4.78 is 12.8. The Kier molecular flexibility index (Phi) is 6.80. The number of nitrogens with one attached hydrogen (secondary N) is 1. The number of aromatic nitrogens is 1. The topological polar surface area (TPSA) is 117 Å². The zero-order chi connectivity index (χ0) is 22.0. The number of amides is 2. The van der Waals surface area contributed by atoms with Crippen molar-refractivity contribution in [2.45, 2.75) is 20.5 Å². The molecule has 0 bridgehead atoms. The van der Waals surface area contributed by atoms with E-state index >= 15 is 0 Å². The second-order valence-electron chi connectivity index (χ2n) is 6.61. The van der Waals surface area contributed by atoms with Crippen LogP contribution in [0.15, 0.2) is 62.4 Å². The molecule has 31 heavy (non-hydrogen) atoms. The van der Waals surface area contributed by atoms with Gasteiger partial charge in [-0.15, -0.1) is 34.9 Å². The van der Waals surface area contributed by atoms with Crippen LogP contribution in [0.2, 0.25) is 0 Å². The van der Waals surface area contributed by atoms with Gasteiger partial charge >= 0.3 is 5.97 Å². The molecule has 2 aliphatic rings. The third-order valence-corrected chi connectivity index (χ3v) is 9.67. The van der Waals surface area contributed by atoms with Gasteiger partial charge in [0, 0.05) is 28.8 Å². The molecule has 1 saturated heterocycles. The van der Waals surface area contributed by atoms with Gasteiger partial charge in [-0.3, -0.25) is 23.7 Å². The highest BCUT2D eigenvalue weighted by Crippen LogP contribution is 2.41. The monoisotopic (exact) mass is 495 g/mol. The van der Waals surface area contributed by atoms with Gasteiger partial charge in [0.15, 0.2) is 0 Å². The molecule has 4 heterocycles. The minimum atomic E-state index is -1.47. The average Bonchev–Trinajstić information content (AvgIpc) is 3.31. The predicted molar refractivity (Wildman–Crippen MR) is 120 cm³/mol. The standard InChI is InChI=1S/C19H17N3O5S4/c23-13(10-31(27)14-2-1-7-28-14)21-15-17(24)22-16(19(25)26)11(9-30-18(15)22)8-29-12-3-5-20-6-4-12/h1-7,15,18H,8-10H2,(H,21,23)(H,25,26)/t15?,18-,31?/m1/s1. The van der Waals surface area contributed by atoms with Crippen LogP contribution in [0.1, 0.15) is 0 Å². The Morgan fingerprint density at radius 3 is 2.77 bits per heavy atom. The summed E-state index contributed by atoms with van der Waals surface area (Å²) in [5.74, 6) is -1.47. The Hall–Kier alpha value is -2.15. The number of aliphatic carboxylic acids is 1. The molecular formula is C19H17N3O5S4. The van der Waals surface area contributed by atoms with E-state index in [9.17, 15) is 23.7 Å². The second kappa shape index (κ2) is 9.55. The molecule has 2 aliphatic heterocycles. The van der Waals surface area contributed by atoms with Crippen molar-refractivity contribution in [2.24, 2.45) is 0 Å². The molecule has 0 saturated carbocycles. The zero-order valence-electron chi connectivity index (χ0n) is 15.9. The summed E-state index contributed by atoms with van der Waals surface area (Å²) in [6, 6.07) is 6.31. The molecule has 2 aromatic rings. The van der Waals surface area contributed by atoms with Crippen molar-refractivity contribution in [2.75, 3.05) is 17.3 Å². The van der Waals surface area contributed by atoms with Gasteiger partial charge in [0.05, 0.1) is 15.0 Å². The number of hydrogen-bond acceptors (Lipinski definition) is 8. The van der Waals surface area contributed by atoms with Crippen molar-refractivity contribution < 1.29 is 23.7 Å². The highest BCUT2D eigenvalue weighted by Gasteiger charge is 2.54. The van der Waals surface area contributed by atoms with Gasteiger partial charge in [0.25, 0.3) is 5.91 Å². The van der Waals surface area contributed by atoms with Crippen LogP contribution in [-0.4, -0.2) is 65.7 Å². The molecule has 8 nitrogen and oxygen atoms in total. The first-order valence-corrected chi connectivity index (χ1v) is 13.3. The van der Waals surface area contributed by atoms with Crippen molar-refractivity contribution in [1.29, 1.82) is 0 Å². The van der Waals surface area contributed by atoms with Crippen LogP contribution in [0.4, 0.5) is 0 Å². The molecule has 1 fully saturated rings. The SMILES string of the molecule is O=C(CS(=O)c1cccs1)NC1C(=O)N2C(C(=O)O)=C(CSc3ccncc3)CS[C@H]12. The van der Waals surface area contributed by atoms with Crippen molar-refractivity contribution in [3.05, 3.63) is 53.3 Å². The summed E-state index contributed by atoms with van der Waals surface area (Å²) >= 11 is 4.20. The highest BCUT2D eigenvalue weighted by molar-refractivity contribution is 8.01. The zero-order valence-corrected chi connectivity index (χ0v) is 19.2. The lowest BCUT2D eigenvalue weighted by Gasteiger charge is -2.49. The summed E-state index contributed by atoms with van der Waals surface area (Å²) in [4.78, 5) is 43.1. The molecule has 3 atom stereocenters.